The first-order valence-corrected chi connectivity index (χ1v) is 11.7. The lowest BCUT2D eigenvalue weighted by Gasteiger charge is -2.54. The molecule has 1 aromatic heterocycles. The Bertz CT molecular complexity index is 936. The summed E-state index contributed by atoms with van der Waals surface area (Å²) in [6.07, 6.45) is 7.17. The van der Waals surface area contributed by atoms with Crippen LogP contribution >= 0.6 is 11.6 Å². The Hall–Kier alpha value is -1.60. The molecule has 1 aromatic carbocycles. The third kappa shape index (κ3) is 3.99. The van der Waals surface area contributed by atoms with Gasteiger partial charge in [0.1, 0.15) is 23.8 Å². The molecule has 0 saturated carbocycles. The predicted molar refractivity (Wildman–Crippen MR) is 119 cm³/mol. The van der Waals surface area contributed by atoms with Crippen molar-refractivity contribution in [2.24, 2.45) is 11.3 Å². The lowest BCUT2D eigenvalue weighted by molar-refractivity contribution is -0.174. The van der Waals surface area contributed by atoms with Crippen LogP contribution in [0.3, 0.4) is 0 Å². The fraction of sp³-hybridized carbons (Fsp3) is 0.625. The second-order valence-corrected chi connectivity index (χ2v) is 10.4. The molecule has 6 nitrogen and oxygen atoms in total. The first kappa shape index (κ1) is 21.3. The van der Waals surface area contributed by atoms with E-state index in [1.807, 2.05) is 29.0 Å². The Labute approximate surface area is 189 Å². The largest absolute Gasteiger partial charge is 0.487 e. The number of imidazole rings is 1. The highest BCUT2D eigenvalue weighted by Gasteiger charge is 2.52. The number of ether oxygens (including phenoxy) is 2. The highest BCUT2D eigenvalue weighted by atomic mass is 35.5. The number of rotatable bonds is 4. The van der Waals surface area contributed by atoms with Gasteiger partial charge in [-0.15, -0.1) is 0 Å². The Kier molecular flexibility index (Phi) is 5.53. The number of likely N-dealkylation sites (tertiary alicyclic amines) is 1. The second-order valence-electron chi connectivity index (χ2n) is 9.97. The van der Waals surface area contributed by atoms with E-state index in [0.29, 0.717) is 5.92 Å². The van der Waals surface area contributed by atoms with Crippen molar-refractivity contribution in [1.82, 2.24) is 14.5 Å². The fourth-order valence-electron chi connectivity index (χ4n) is 5.67. The van der Waals surface area contributed by atoms with Gasteiger partial charge in [0.2, 0.25) is 0 Å². The molecule has 168 valence electrons. The van der Waals surface area contributed by atoms with E-state index in [-0.39, 0.29) is 23.7 Å². The number of fused-ring (bicyclic) bond motifs is 3. The molecule has 0 unspecified atom stereocenters. The molecule has 4 heterocycles. The number of hydrogen-bond donors (Lipinski definition) is 1. The molecule has 3 aliphatic rings. The molecule has 2 atom stereocenters. The summed E-state index contributed by atoms with van der Waals surface area (Å²) < 4.78 is 15.0. The van der Waals surface area contributed by atoms with Crippen molar-refractivity contribution in [3.63, 3.8) is 0 Å². The molecule has 0 radical (unpaired) electrons. The molecule has 3 aliphatic heterocycles. The number of hydrogen-bond acceptors (Lipinski definition) is 5. The second kappa shape index (κ2) is 8.07. The number of aromatic nitrogens is 2. The summed E-state index contributed by atoms with van der Waals surface area (Å²) >= 11 is 6.29. The van der Waals surface area contributed by atoms with E-state index in [4.69, 9.17) is 21.1 Å². The molecule has 0 bridgehead atoms. The van der Waals surface area contributed by atoms with Crippen molar-refractivity contribution >= 4 is 11.6 Å². The standard InChI is InChI=1S/C24H32ClN3O3/c1-23(2)19-14-24(16-30-22(19)18-13-17(25)3-4-20(18)31-23)5-8-27(9-6-24)11-12-28-10-7-26-21(28)15-29/h3-4,7,10,13,19,22,29H,5-6,8-9,11-12,14-16H2,1-2H3/t19-,22+/m1/s1. The highest BCUT2D eigenvalue weighted by Crippen LogP contribution is 2.55. The van der Waals surface area contributed by atoms with Gasteiger partial charge in [0, 0.05) is 42.0 Å². The normalized spacial score (nSPS) is 26.8. The van der Waals surface area contributed by atoms with Gasteiger partial charge in [0.05, 0.1) is 12.7 Å². The molecular weight excluding hydrogens is 414 g/mol. The Morgan fingerprint density at radius 3 is 2.81 bits per heavy atom. The average Bonchev–Trinajstić information content (AvgIpc) is 3.22. The Balaban J connectivity index is 1.24. The zero-order chi connectivity index (χ0) is 21.6. The maximum atomic E-state index is 9.40. The number of aliphatic hydroxyl groups is 1. The van der Waals surface area contributed by atoms with Crippen LogP contribution in [0.25, 0.3) is 0 Å². The number of piperidine rings is 1. The van der Waals surface area contributed by atoms with Crippen LogP contribution in [0.4, 0.5) is 0 Å². The molecule has 0 amide bonds. The Morgan fingerprint density at radius 2 is 2.03 bits per heavy atom. The van der Waals surface area contributed by atoms with Crippen LogP contribution in [0.2, 0.25) is 5.02 Å². The van der Waals surface area contributed by atoms with Gasteiger partial charge in [-0.05, 0) is 69.8 Å². The summed E-state index contributed by atoms with van der Waals surface area (Å²) in [7, 11) is 0. The minimum Gasteiger partial charge on any atom is -0.487 e. The fourth-order valence-corrected chi connectivity index (χ4v) is 5.85. The van der Waals surface area contributed by atoms with Crippen LogP contribution in [0.1, 0.15) is 50.6 Å². The van der Waals surface area contributed by atoms with E-state index in [2.05, 4.69) is 23.7 Å². The summed E-state index contributed by atoms with van der Waals surface area (Å²) in [6.45, 7) is 9.19. The van der Waals surface area contributed by atoms with Crippen LogP contribution in [0.15, 0.2) is 30.6 Å². The maximum Gasteiger partial charge on any atom is 0.134 e. The number of aliphatic hydroxyl groups excluding tert-OH is 1. The van der Waals surface area contributed by atoms with Crippen molar-refractivity contribution in [2.45, 2.75) is 58.0 Å². The van der Waals surface area contributed by atoms with Gasteiger partial charge in [-0.3, -0.25) is 0 Å². The molecule has 1 spiro atoms. The first-order valence-electron chi connectivity index (χ1n) is 11.3. The van der Waals surface area contributed by atoms with Gasteiger partial charge in [0.15, 0.2) is 0 Å². The lowest BCUT2D eigenvalue weighted by Crippen LogP contribution is -2.54. The average molecular weight is 446 g/mol. The Morgan fingerprint density at radius 1 is 1.23 bits per heavy atom. The zero-order valence-electron chi connectivity index (χ0n) is 18.4. The number of nitrogens with zero attached hydrogens (tertiary/aromatic N) is 3. The van der Waals surface area contributed by atoms with Gasteiger partial charge >= 0.3 is 0 Å². The summed E-state index contributed by atoms with van der Waals surface area (Å²) in [6, 6.07) is 5.88. The molecule has 2 saturated heterocycles. The SMILES string of the molecule is CC1(C)Oc2ccc(Cl)cc2[C@@H]2OCC3(CCN(CCn4ccnc4CO)CC3)C[C@H]21. The van der Waals surface area contributed by atoms with E-state index in [1.165, 1.54) is 0 Å². The van der Waals surface area contributed by atoms with Crippen LogP contribution in [0.5, 0.6) is 5.75 Å². The summed E-state index contributed by atoms with van der Waals surface area (Å²) in [5.74, 6) is 1.96. The van der Waals surface area contributed by atoms with Gasteiger partial charge in [-0.2, -0.15) is 0 Å². The lowest BCUT2D eigenvalue weighted by atomic mass is 9.64. The van der Waals surface area contributed by atoms with E-state index < -0.39 is 0 Å². The molecule has 31 heavy (non-hydrogen) atoms. The maximum absolute atomic E-state index is 9.40. The predicted octanol–water partition coefficient (Wildman–Crippen LogP) is 4.06. The van der Waals surface area contributed by atoms with Crippen molar-refractivity contribution in [1.29, 1.82) is 0 Å². The third-order valence-corrected chi connectivity index (χ3v) is 7.88. The van der Waals surface area contributed by atoms with Crippen LogP contribution in [-0.2, 0) is 17.9 Å². The monoisotopic (exact) mass is 445 g/mol. The van der Waals surface area contributed by atoms with Crippen molar-refractivity contribution < 1.29 is 14.6 Å². The van der Waals surface area contributed by atoms with Crippen LogP contribution in [-0.4, -0.2) is 51.4 Å². The quantitative estimate of drug-likeness (QED) is 0.769. The number of benzene rings is 1. The molecule has 2 fully saturated rings. The van der Waals surface area contributed by atoms with Crippen molar-refractivity contribution in [3.05, 3.63) is 47.0 Å². The molecule has 7 heteroatoms. The van der Waals surface area contributed by atoms with Crippen LogP contribution < -0.4 is 4.74 Å². The summed E-state index contributed by atoms with van der Waals surface area (Å²) in [4.78, 5) is 6.72. The van der Waals surface area contributed by atoms with Crippen molar-refractivity contribution in [2.75, 3.05) is 26.2 Å². The summed E-state index contributed by atoms with van der Waals surface area (Å²) in [5, 5.41) is 10.1. The number of halogens is 1. The molecule has 0 aliphatic carbocycles. The summed E-state index contributed by atoms with van der Waals surface area (Å²) in [5.41, 5.74) is 1.06. The third-order valence-electron chi connectivity index (χ3n) is 7.65. The highest BCUT2D eigenvalue weighted by molar-refractivity contribution is 6.30. The van der Waals surface area contributed by atoms with E-state index in [9.17, 15) is 5.11 Å². The molecule has 1 N–H and O–H groups in total. The topological polar surface area (TPSA) is 59.8 Å². The van der Waals surface area contributed by atoms with Gasteiger partial charge < -0.3 is 24.0 Å². The van der Waals surface area contributed by atoms with E-state index in [1.54, 1.807) is 6.20 Å². The zero-order valence-corrected chi connectivity index (χ0v) is 19.1. The van der Waals surface area contributed by atoms with Gasteiger partial charge in [-0.25, -0.2) is 4.98 Å². The molecular formula is C24H32ClN3O3. The molecule has 5 rings (SSSR count). The smallest absolute Gasteiger partial charge is 0.134 e. The van der Waals surface area contributed by atoms with Gasteiger partial charge in [-0.1, -0.05) is 11.6 Å². The van der Waals surface area contributed by atoms with E-state index in [0.717, 1.165) is 74.2 Å². The van der Waals surface area contributed by atoms with Crippen LogP contribution in [0, 0.1) is 11.3 Å². The molecule has 2 aromatic rings. The van der Waals surface area contributed by atoms with Crippen molar-refractivity contribution in [3.8, 4) is 5.75 Å². The minimum absolute atomic E-state index is 0.0117. The van der Waals surface area contributed by atoms with Gasteiger partial charge in [0.25, 0.3) is 0 Å². The minimum atomic E-state index is -0.266. The van der Waals surface area contributed by atoms with E-state index >= 15 is 0 Å². The first-order chi connectivity index (χ1) is 14.9.